The zero-order valence-electron chi connectivity index (χ0n) is 19.5. The third kappa shape index (κ3) is 3.91. The lowest BCUT2D eigenvalue weighted by atomic mass is 9.78. The van der Waals surface area contributed by atoms with Gasteiger partial charge in [0.1, 0.15) is 6.61 Å². The second-order valence-corrected chi connectivity index (χ2v) is 10.2. The van der Waals surface area contributed by atoms with E-state index in [0.29, 0.717) is 37.8 Å². The highest BCUT2D eigenvalue weighted by atomic mass is 79.9. The quantitative estimate of drug-likeness (QED) is 0.309. The lowest BCUT2D eigenvalue weighted by molar-refractivity contribution is -0.532. The van der Waals surface area contributed by atoms with Gasteiger partial charge in [-0.3, -0.25) is 20.2 Å². The van der Waals surface area contributed by atoms with Gasteiger partial charge in [0, 0.05) is 27.2 Å². The maximum atomic E-state index is 13.2. The van der Waals surface area contributed by atoms with E-state index in [-0.39, 0.29) is 17.6 Å². The molecule has 3 aromatic carbocycles. The second kappa shape index (κ2) is 9.38. The number of ether oxygens (including phenoxy) is 2. The monoisotopic (exact) mass is 571 g/mol. The molecule has 1 spiro atoms. The molecule has 1 fully saturated rings. The third-order valence-corrected chi connectivity index (χ3v) is 7.70. The molecule has 0 aromatic heterocycles. The first kappa shape index (κ1) is 24.5. The van der Waals surface area contributed by atoms with Gasteiger partial charge in [0.05, 0.1) is 17.5 Å². The lowest BCUT2D eigenvalue weighted by Gasteiger charge is -2.25. The molecule has 3 aromatic rings. The molecule has 186 valence electrons. The van der Waals surface area contributed by atoms with E-state index in [0.717, 1.165) is 5.56 Å². The largest absolute Gasteiger partial charge is 0.493 e. The summed E-state index contributed by atoms with van der Waals surface area (Å²) < 4.78 is 12.2. The fourth-order valence-electron chi connectivity index (χ4n) is 5.41. The van der Waals surface area contributed by atoms with E-state index in [1.807, 2.05) is 25.1 Å². The highest BCUT2D eigenvalue weighted by Gasteiger charge is 2.67. The van der Waals surface area contributed by atoms with E-state index in [4.69, 9.17) is 21.1 Å². The molecule has 2 heterocycles. The number of nitrogens with one attached hydrogen (secondary N) is 2. The number of carbonyl (C=O) groups is 1. The zero-order chi connectivity index (χ0) is 25.6. The molecule has 2 aliphatic heterocycles. The topological polar surface area (TPSA) is 103 Å². The number of halogens is 2. The van der Waals surface area contributed by atoms with Crippen LogP contribution in [0.15, 0.2) is 65.1 Å². The smallest absolute Gasteiger partial charge is 0.256 e. The first-order valence-electron chi connectivity index (χ1n) is 11.3. The van der Waals surface area contributed by atoms with Gasteiger partial charge in [0.25, 0.3) is 11.9 Å². The van der Waals surface area contributed by atoms with Crippen LogP contribution < -0.4 is 20.1 Å². The Balaban J connectivity index is 1.53. The molecule has 0 unspecified atom stereocenters. The summed E-state index contributed by atoms with van der Waals surface area (Å²) in [5.74, 6) is -0.152. The number of amides is 1. The SMILES string of the molecule is COc1cc([C@@H]2[C@H](C)N[C@@]3(C(=O)Nc4ccccc43)[C@@H]2[N+](=O)[O-])cc(Br)c1OCc1cccc(Cl)c1. The van der Waals surface area contributed by atoms with E-state index in [1.165, 1.54) is 7.11 Å². The van der Waals surface area contributed by atoms with Gasteiger partial charge in [-0.15, -0.1) is 0 Å². The van der Waals surface area contributed by atoms with Crippen LogP contribution in [0.2, 0.25) is 5.02 Å². The average molecular weight is 573 g/mol. The van der Waals surface area contributed by atoms with Crippen molar-refractivity contribution in [1.29, 1.82) is 0 Å². The Morgan fingerprint density at radius 1 is 1.17 bits per heavy atom. The zero-order valence-corrected chi connectivity index (χ0v) is 21.8. The number of nitro groups is 1. The van der Waals surface area contributed by atoms with Crippen LogP contribution in [0, 0.1) is 10.1 Å². The van der Waals surface area contributed by atoms with Gasteiger partial charge in [0.15, 0.2) is 17.0 Å². The predicted molar refractivity (Wildman–Crippen MR) is 139 cm³/mol. The molecule has 1 amide bonds. The fourth-order valence-corrected chi connectivity index (χ4v) is 6.20. The lowest BCUT2D eigenvalue weighted by Crippen LogP contribution is -2.54. The summed E-state index contributed by atoms with van der Waals surface area (Å²) in [7, 11) is 1.52. The van der Waals surface area contributed by atoms with Crippen LogP contribution in [-0.4, -0.2) is 30.0 Å². The number of methoxy groups -OCH3 is 1. The highest BCUT2D eigenvalue weighted by molar-refractivity contribution is 9.10. The molecule has 5 rings (SSSR count). The summed E-state index contributed by atoms with van der Waals surface area (Å²) in [4.78, 5) is 25.4. The predicted octanol–water partition coefficient (Wildman–Crippen LogP) is 5.26. The molecular formula is C26H23BrClN3O5. The Bertz CT molecular complexity index is 1370. The summed E-state index contributed by atoms with van der Waals surface area (Å²) in [6.07, 6.45) is 0. The number of fused-ring (bicyclic) bond motifs is 2. The van der Waals surface area contributed by atoms with Crippen LogP contribution in [0.5, 0.6) is 11.5 Å². The Morgan fingerprint density at radius 2 is 1.94 bits per heavy atom. The number of anilines is 1. The van der Waals surface area contributed by atoms with Crippen molar-refractivity contribution in [2.24, 2.45) is 0 Å². The molecule has 4 atom stereocenters. The highest BCUT2D eigenvalue weighted by Crippen LogP contribution is 2.51. The van der Waals surface area contributed by atoms with Crippen LogP contribution in [0.4, 0.5) is 5.69 Å². The van der Waals surface area contributed by atoms with Crippen molar-refractivity contribution in [3.05, 3.63) is 97.0 Å². The minimum atomic E-state index is -1.48. The van der Waals surface area contributed by atoms with Gasteiger partial charge in [-0.05, 0) is 64.3 Å². The van der Waals surface area contributed by atoms with E-state index in [2.05, 4.69) is 26.6 Å². The third-order valence-electron chi connectivity index (χ3n) is 6.87. The molecule has 0 radical (unpaired) electrons. The first-order valence-corrected chi connectivity index (χ1v) is 12.5. The second-order valence-electron chi connectivity index (χ2n) is 8.95. The summed E-state index contributed by atoms with van der Waals surface area (Å²) in [5, 5.41) is 19.3. The van der Waals surface area contributed by atoms with Crippen LogP contribution in [0.3, 0.4) is 0 Å². The van der Waals surface area contributed by atoms with Gasteiger partial charge < -0.3 is 14.8 Å². The Hall–Kier alpha value is -3.14. The summed E-state index contributed by atoms with van der Waals surface area (Å²) in [6, 6.07) is 16.3. The molecule has 2 aliphatic rings. The van der Waals surface area contributed by atoms with Crippen LogP contribution in [-0.2, 0) is 16.9 Å². The first-order chi connectivity index (χ1) is 17.3. The minimum absolute atomic E-state index is 0.258. The van der Waals surface area contributed by atoms with Gasteiger partial charge in [-0.25, -0.2) is 0 Å². The maximum Gasteiger partial charge on any atom is 0.256 e. The van der Waals surface area contributed by atoms with Gasteiger partial charge in [-0.2, -0.15) is 0 Å². The van der Waals surface area contributed by atoms with Gasteiger partial charge >= 0.3 is 0 Å². The van der Waals surface area contributed by atoms with Crippen molar-refractivity contribution in [2.75, 3.05) is 12.4 Å². The Labute approximate surface area is 221 Å². The van der Waals surface area contributed by atoms with Crippen molar-refractivity contribution in [1.82, 2.24) is 5.32 Å². The van der Waals surface area contributed by atoms with Crippen molar-refractivity contribution in [3.63, 3.8) is 0 Å². The molecule has 0 saturated carbocycles. The normalized spacial score (nSPS) is 24.4. The molecule has 1 saturated heterocycles. The number of hydrogen-bond donors (Lipinski definition) is 2. The number of nitrogens with zero attached hydrogens (tertiary/aromatic N) is 1. The summed E-state index contributed by atoms with van der Waals surface area (Å²) >= 11 is 9.64. The number of rotatable bonds is 6. The van der Waals surface area contributed by atoms with Crippen LogP contribution in [0.25, 0.3) is 0 Å². The Kier molecular flexibility index (Phi) is 6.40. The van der Waals surface area contributed by atoms with E-state index < -0.39 is 23.4 Å². The fraction of sp³-hybridized carbons (Fsp3) is 0.269. The van der Waals surface area contributed by atoms with E-state index in [9.17, 15) is 14.9 Å². The average Bonchev–Trinajstić information content (AvgIpc) is 3.31. The standard InChI is InChI=1S/C26H23BrClN3O5/c1-14-22(24(31(33)34)26(30-14)18-8-3-4-9-20(18)29-25(26)32)16-11-19(27)23(21(12-16)35-2)36-13-15-6-5-7-17(28)10-15/h3-12,14,22,24,30H,13H2,1-2H3,(H,29,32)/t14-,22-,24+,26+/m0/s1. The molecule has 0 bridgehead atoms. The van der Waals surface area contributed by atoms with Gasteiger partial charge in [0.2, 0.25) is 0 Å². The van der Waals surface area contributed by atoms with E-state index >= 15 is 0 Å². The molecular weight excluding hydrogens is 550 g/mol. The Morgan fingerprint density at radius 3 is 2.67 bits per heavy atom. The van der Waals surface area contributed by atoms with Gasteiger partial charge in [-0.1, -0.05) is 41.9 Å². The molecule has 2 N–H and O–H groups in total. The molecule has 36 heavy (non-hydrogen) atoms. The van der Waals surface area contributed by atoms with Crippen LogP contribution in [0.1, 0.15) is 29.5 Å². The number of hydrogen-bond acceptors (Lipinski definition) is 6. The van der Waals surface area contributed by atoms with Crippen molar-refractivity contribution in [2.45, 2.75) is 37.1 Å². The van der Waals surface area contributed by atoms with Crippen molar-refractivity contribution in [3.8, 4) is 11.5 Å². The van der Waals surface area contributed by atoms with Crippen molar-refractivity contribution < 1.29 is 19.2 Å². The summed E-state index contributed by atoms with van der Waals surface area (Å²) in [6.45, 7) is 2.11. The number of benzene rings is 3. The maximum absolute atomic E-state index is 13.2. The number of para-hydroxylation sites is 1. The van der Waals surface area contributed by atoms with Crippen LogP contribution >= 0.6 is 27.5 Å². The summed E-state index contributed by atoms with van der Waals surface area (Å²) in [5.41, 5.74) is 1.22. The molecule has 0 aliphatic carbocycles. The van der Waals surface area contributed by atoms with Crippen molar-refractivity contribution >= 4 is 39.1 Å². The molecule has 10 heteroatoms. The molecule has 8 nitrogen and oxygen atoms in total. The minimum Gasteiger partial charge on any atom is -0.493 e. The number of carbonyl (C=O) groups excluding carboxylic acids is 1. The van der Waals surface area contributed by atoms with E-state index in [1.54, 1.807) is 42.5 Å².